The van der Waals surface area contributed by atoms with Gasteiger partial charge in [0.1, 0.15) is 11.6 Å². The van der Waals surface area contributed by atoms with E-state index in [0.29, 0.717) is 11.5 Å². The van der Waals surface area contributed by atoms with Crippen LogP contribution in [0.2, 0.25) is 0 Å². The fourth-order valence-electron chi connectivity index (χ4n) is 9.21. The molecule has 0 saturated carbocycles. The number of H-pyrrole nitrogens is 1. The number of fused-ring (bicyclic) bond motifs is 7. The second kappa shape index (κ2) is 13.7. The maximum atomic E-state index is 8.06. The minimum atomic E-state index is -2.21. The highest BCUT2D eigenvalue weighted by atomic mass is 15.1. The zero-order valence-corrected chi connectivity index (χ0v) is 34.0. The summed E-state index contributed by atoms with van der Waals surface area (Å²) in [5.41, 5.74) is 13.6. The topological polar surface area (TPSA) is 51.4 Å². The summed E-state index contributed by atoms with van der Waals surface area (Å²) in [6.45, 7) is 6.81. The van der Waals surface area contributed by atoms with E-state index in [4.69, 9.17) is 14.1 Å². The molecule has 0 aliphatic heterocycles. The van der Waals surface area contributed by atoms with Gasteiger partial charge in [0.2, 0.25) is 0 Å². The van der Waals surface area contributed by atoms with Crippen molar-refractivity contribution in [3.8, 4) is 34.0 Å². The van der Waals surface area contributed by atoms with Crippen molar-refractivity contribution < 1.29 is 4.11 Å². The van der Waals surface area contributed by atoms with Gasteiger partial charge in [-0.3, -0.25) is 9.13 Å². The van der Waals surface area contributed by atoms with Gasteiger partial charge in [0.15, 0.2) is 0 Å². The molecule has 290 valence electrons. The Labute approximate surface area is 353 Å². The Kier molecular flexibility index (Phi) is 7.45. The van der Waals surface area contributed by atoms with Crippen LogP contribution < -0.4 is 0 Å². The number of aryl methyl sites for hydroxylation is 1. The first-order chi connectivity index (χ1) is 30.5. The van der Waals surface area contributed by atoms with Crippen molar-refractivity contribution in [2.75, 3.05) is 0 Å². The largest absolute Gasteiger partial charge is 0.354 e. The Bertz CT molecular complexity index is 3550. The lowest BCUT2D eigenvalue weighted by Crippen LogP contribution is -2.18. The molecule has 1 N–H and O–H groups in total. The van der Waals surface area contributed by atoms with Gasteiger partial charge in [0.05, 0.1) is 27.6 Å². The molecule has 0 atom stereocenters. The van der Waals surface area contributed by atoms with Gasteiger partial charge in [0.25, 0.3) is 0 Å². The van der Waals surface area contributed by atoms with Gasteiger partial charge in [-0.15, -0.1) is 0 Å². The van der Waals surface area contributed by atoms with E-state index in [1.165, 1.54) is 22.1 Å². The molecule has 5 nitrogen and oxygen atoms in total. The number of hydrogen-bond donors (Lipinski definition) is 1. The van der Waals surface area contributed by atoms with Gasteiger partial charge >= 0.3 is 0 Å². The van der Waals surface area contributed by atoms with Crippen molar-refractivity contribution in [1.82, 2.24) is 24.1 Å². The summed E-state index contributed by atoms with van der Waals surface area (Å²) >= 11 is 0. The normalized spacial score (nSPS) is 13.2. The molecule has 0 bridgehead atoms. The molecule has 4 aromatic heterocycles. The van der Waals surface area contributed by atoms with Crippen molar-refractivity contribution in [3.63, 3.8) is 0 Å². The summed E-state index contributed by atoms with van der Waals surface area (Å²) in [5.74, 6) is 1.98. The lowest BCUT2D eigenvalue weighted by molar-refractivity contribution is 0.642. The van der Waals surface area contributed by atoms with Gasteiger partial charge in [-0.25, -0.2) is 9.97 Å². The van der Waals surface area contributed by atoms with Gasteiger partial charge in [-0.2, -0.15) is 0 Å². The molecule has 0 aliphatic carbocycles. The average molecular weight is 779 g/mol. The van der Waals surface area contributed by atoms with Crippen molar-refractivity contribution in [2.24, 2.45) is 0 Å². The molecule has 11 rings (SSSR count). The van der Waals surface area contributed by atoms with Gasteiger partial charge < -0.3 is 4.98 Å². The molecule has 0 fully saturated rings. The predicted molar refractivity (Wildman–Crippen MR) is 251 cm³/mol. The zero-order chi connectivity index (χ0) is 43.2. The van der Waals surface area contributed by atoms with E-state index in [-0.39, 0.29) is 5.41 Å². The number of hydrogen-bond acceptors (Lipinski definition) is 2. The van der Waals surface area contributed by atoms with Crippen molar-refractivity contribution in [1.29, 1.82) is 0 Å². The molecular formula is C55H45N5. The summed E-state index contributed by atoms with van der Waals surface area (Å²) in [6.07, 6.45) is 1.92. The van der Waals surface area contributed by atoms with E-state index in [2.05, 4.69) is 175 Å². The monoisotopic (exact) mass is 778 g/mol. The van der Waals surface area contributed by atoms with Crippen LogP contribution in [0.4, 0.5) is 0 Å². The zero-order valence-electron chi connectivity index (χ0n) is 37.0. The number of pyridine rings is 1. The summed E-state index contributed by atoms with van der Waals surface area (Å²) in [7, 11) is 0. The summed E-state index contributed by atoms with van der Waals surface area (Å²) in [6, 6.07) is 56.9. The lowest BCUT2D eigenvalue weighted by Gasteiger charge is -2.26. The number of para-hydroxylation sites is 3. The highest BCUT2D eigenvalue weighted by Gasteiger charge is 2.26. The van der Waals surface area contributed by atoms with Crippen LogP contribution in [0, 0.1) is 6.85 Å². The van der Waals surface area contributed by atoms with Crippen LogP contribution in [0.25, 0.3) is 88.7 Å². The summed E-state index contributed by atoms with van der Waals surface area (Å²) in [5, 5.41) is 4.58. The van der Waals surface area contributed by atoms with E-state index in [9.17, 15) is 0 Å². The quantitative estimate of drug-likeness (QED) is 0.175. The Morgan fingerprint density at radius 3 is 2.22 bits per heavy atom. The van der Waals surface area contributed by atoms with Crippen LogP contribution in [0.1, 0.15) is 60.0 Å². The third kappa shape index (κ3) is 5.60. The van der Waals surface area contributed by atoms with Crippen LogP contribution >= 0.6 is 0 Å². The first kappa shape index (κ1) is 32.7. The number of imidazole rings is 1. The number of aromatic amines is 1. The molecule has 7 aromatic carbocycles. The molecule has 5 heteroatoms. The van der Waals surface area contributed by atoms with E-state index in [1.54, 1.807) is 12.1 Å². The maximum absolute atomic E-state index is 8.06. The fourth-order valence-corrected chi connectivity index (χ4v) is 9.21. The van der Waals surface area contributed by atoms with Gasteiger partial charge in [-0.1, -0.05) is 136 Å². The molecule has 0 unspecified atom stereocenters. The third-order valence-corrected chi connectivity index (χ3v) is 12.6. The van der Waals surface area contributed by atoms with E-state index < -0.39 is 6.85 Å². The van der Waals surface area contributed by atoms with E-state index >= 15 is 0 Å². The van der Waals surface area contributed by atoms with Crippen LogP contribution in [-0.2, 0) is 5.41 Å². The first-order valence-corrected chi connectivity index (χ1v) is 20.7. The number of aromatic nitrogens is 5. The molecular weight excluding hydrogens is 731 g/mol. The molecule has 0 radical (unpaired) electrons. The molecule has 4 heterocycles. The Hall–Kier alpha value is -7.24. The molecule has 0 saturated heterocycles. The van der Waals surface area contributed by atoms with Gasteiger partial charge in [0, 0.05) is 59.6 Å². The molecule has 11 aromatic rings. The second-order valence-corrected chi connectivity index (χ2v) is 16.8. The minimum absolute atomic E-state index is 0.212. The Balaban J connectivity index is 1.16. The maximum Gasteiger partial charge on any atom is 0.147 e. The predicted octanol–water partition coefficient (Wildman–Crippen LogP) is 14.2. The SMILES string of the molecule is [2H]C([2H])([2H])c1ccc(-n2c(-c3cccc4c3[nH]c3ccccc34)nc3c(-c4ccc5c6cc(C(C)(C)c7ccccc7)ccc6n(-c6cc(C(C)C)ccn6)c5c4)cccc32)cc1. The molecule has 0 amide bonds. The number of benzene rings is 7. The third-order valence-electron chi connectivity index (χ3n) is 12.6. The average Bonchev–Trinajstić information content (AvgIpc) is 3.98. The fraction of sp³-hybridized carbons (Fsp3) is 0.127. The van der Waals surface area contributed by atoms with Crippen molar-refractivity contribution >= 4 is 54.6 Å². The van der Waals surface area contributed by atoms with Crippen LogP contribution in [0.15, 0.2) is 170 Å². The summed E-state index contributed by atoms with van der Waals surface area (Å²) in [4.78, 5) is 14.2. The minimum Gasteiger partial charge on any atom is -0.354 e. The van der Waals surface area contributed by atoms with Crippen LogP contribution in [-0.4, -0.2) is 24.1 Å². The van der Waals surface area contributed by atoms with Crippen molar-refractivity contribution in [3.05, 3.63) is 192 Å². The smallest absolute Gasteiger partial charge is 0.147 e. The van der Waals surface area contributed by atoms with E-state index in [0.717, 1.165) is 83.3 Å². The highest BCUT2D eigenvalue weighted by molar-refractivity contribution is 6.13. The molecule has 60 heavy (non-hydrogen) atoms. The standard InChI is InChI=1S/C55H45N5/c1-34(2)36-29-30-56-51(32-36)60-48-28-24-39(55(4,5)38-13-7-6-8-14-38)33-46(48)43-27-23-37(31-50(43)60)41-16-12-20-49-53(41)58-54(59(49)40-25-21-35(3)22-26-40)45-18-11-17-44-42-15-9-10-19-47(42)57-52(44)45/h6-34,57H,1-5H3/i3D3. The molecule has 0 aliphatic rings. The van der Waals surface area contributed by atoms with Crippen LogP contribution in [0.5, 0.6) is 0 Å². The van der Waals surface area contributed by atoms with Crippen LogP contribution in [0.3, 0.4) is 0 Å². The number of nitrogens with zero attached hydrogens (tertiary/aromatic N) is 4. The Morgan fingerprint density at radius 2 is 1.38 bits per heavy atom. The number of nitrogens with one attached hydrogen (secondary N) is 1. The second-order valence-electron chi connectivity index (χ2n) is 16.8. The lowest BCUT2D eigenvalue weighted by atomic mass is 9.78. The first-order valence-electron chi connectivity index (χ1n) is 22.2. The number of rotatable bonds is 7. The van der Waals surface area contributed by atoms with Gasteiger partial charge in [-0.05, 0) is 95.7 Å². The van der Waals surface area contributed by atoms with Crippen molar-refractivity contribution in [2.45, 2.75) is 45.9 Å². The highest BCUT2D eigenvalue weighted by Crippen LogP contribution is 2.42. The Morgan fingerprint density at radius 1 is 0.600 bits per heavy atom. The molecule has 0 spiro atoms. The summed E-state index contributed by atoms with van der Waals surface area (Å²) < 4.78 is 28.7. The van der Waals surface area contributed by atoms with E-state index in [1.807, 2.05) is 24.4 Å².